The van der Waals surface area contributed by atoms with Crippen LogP contribution in [-0.4, -0.2) is 24.9 Å². The van der Waals surface area contributed by atoms with Gasteiger partial charge in [-0.05, 0) is 40.8 Å². The van der Waals surface area contributed by atoms with Gasteiger partial charge in [-0.25, -0.2) is 15.0 Å². The van der Waals surface area contributed by atoms with Crippen LogP contribution < -0.4 is 0 Å². The summed E-state index contributed by atoms with van der Waals surface area (Å²) in [6.45, 7) is 0. The van der Waals surface area contributed by atoms with Gasteiger partial charge in [0.25, 0.3) is 0 Å². The monoisotopic (exact) mass is 619 g/mol. The topological polar surface area (TPSA) is 64.5 Å². The third-order valence-corrected chi connectivity index (χ3v) is 9.51. The van der Waals surface area contributed by atoms with Crippen LogP contribution in [0.4, 0.5) is 0 Å². The van der Waals surface area contributed by atoms with Gasteiger partial charge in [0.2, 0.25) is 0 Å². The Morgan fingerprint density at radius 3 is 1.68 bits per heavy atom. The van der Waals surface area contributed by atoms with Gasteiger partial charge in [0.05, 0.1) is 16.1 Å². The number of rotatable bonds is 5. The minimum absolute atomic E-state index is 0.642. The van der Waals surface area contributed by atoms with Gasteiger partial charge >= 0.3 is 0 Å². The molecule has 0 bridgehead atoms. The van der Waals surface area contributed by atoms with Crippen LogP contribution in [-0.2, 0) is 0 Å². The molecule has 0 atom stereocenters. The lowest BCUT2D eigenvalue weighted by Gasteiger charge is -2.10. The van der Waals surface area contributed by atoms with E-state index in [9.17, 15) is 0 Å². The zero-order chi connectivity index (χ0) is 31.2. The second-order valence-corrected chi connectivity index (χ2v) is 12.5. The highest BCUT2D eigenvalue weighted by Crippen LogP contribution is 2.38. The minimum Gasteiger partial charge on any atom is -0.254 e. The van der Waals surface area contributed by atoms with Crippen molar-refractivity contribution in [3.8, 4) is 56.7 Å². The van der Waals surface area contributed by atoms with Crippen molar-refractivity contribution >= 4 is 42.3 Å². The third kappa shape index (κ3) is 5.11. The van der Waals surface area contributed by atoms with E-state index in [1.54, 1.807) is 11.3 Å². The molecule has 5 aromatic carbocycles. The molecule has 47 heavy (non-hydrogen) atoms. The molecule has 0 spiro atoms. The normalized spacial score (nSPS) is 11.4. The molecule has 4 heterocycles. The molecular weight excluding hydrogens is 595 g/mol. The highest BCUT2D eigenvalue weighted by Gasteiger charge is 2.14. The maximum absolute atomic E-state index is 4.93. The first-order valence-electron chi connectivity index (χ1n) is 15.4. The number of fused-ring (bicyclic) bond motifs is 4. The fourth-order valence-electron chi connectivity index (χ4n) is 6.00. The Kier molecular flexibility index (Phi) is 6.58. The van der Waals surface area contributed by atoms with Crippen molar-refractivity contribution in [2.24, 2.45) is 0 Å². The fraction of sp³-hybridized carbons (Fsp3) is 0. The summed E-state index contributed by atoms with van der Waals surface area (Å²) in [5.41, 5.74) is 6.83. The van der Waals surface area contributed by atoms with E-state index in [0.717, 1.165) is 54.7 Å². The van der Waals surface area contributed by atoms with Crippen LogP contribution in [0, 0.1) is 0 Å². The molecule has 0 fully saturated rings. The van der Waals surface area contributed by atoms with Gasteiger partial charge in [-0.2, -0.15) is 0 Å². The number of hydrogen-bond acceptors (Lipinski definition) is 6. The van der Waals surface area contributed by atoms with Crippen LogP contribution in [0.25, 0.3) is 87.6 Å². The molecule has 0 N–H and O–H groups in total. The van der Waals surface area contributed by atoms with Crippen molar-refractivity contribution in [1.82, 2.24) is 24.9 Å². The predicted molar refractivity (Wildman–Crippen MR) is 193 cm³/mol. The molecule has 0 radical (unpaired) electrons. The molecule has 9 rings (SSSR count). The Morgan fingerprint density at radius 1 is 0.362 bits per heavy atom. The zero-order valence-electron chi connectivity index (χ0n) is 25.1. The second kappa shape index (κ2) is 11.4. The molecule has 0 unspecified atom stereocenters. The Morgan fingerprint density at radius 2 is 0.936 bits per heavy atom. The highest BCUT2D eigenvalue weighted by atomic mass is 32.1. The van der Waals surface area contributed by atoms with E-state index >= 15 is 0 Å². The average molecular weight is 620 g/mol. The summed E-state index contributed by atoms with van der Waals surface area (Å²) in [5, 5.41) is 4.69. The summed E-state index contributed by atoms with van der Waals surface area (Å²) >= 11 is 1.76. The number of benzene rings is 5. The molecule has 9 aromatic rings. The van der Waals surface area contributed by atoms with E-state index < -0.39 is 0 Å². The van der Waals surface area contributed by atoms with Gasteiger partial charge in [0.15, 0.2) is 17.5 Å². The summed E-state index contributed by atoms with van der Waals surface area (Å²) in [7, 11) is 0. The van der Waals surface area contributed by atoms with E-state index in [1.807, 2.05) is 79.1 Å². The zero-order valence-corrected chi connectivity index (χ0v) is 25.9. The van der Waals surface area contributed by atoms with Gasteiger partial charge in [-0.3, -0.25) is 9.97 Å². The second-order valence-electron chi connectivity index (χ2n) is 11.4. The van der Waals surface area contributed by atoms with E-state index in [-0.39, 0.29) is 0 Å². The van der Waals surface area contributed by atoms with Gasteiger partial charge in [-0.15, -0.1) is 11.3 Å². The molecular formula is C41H25N5S. The lowest BCUT2D eigenvalue weighted by molar-refractivity contribution is 1.07. The SMILES string of the molecule is c1ccc(-c2nc(-c3ccccc3)nc(-c3cccc(-c4ccc5c(c4)sc4cnc(-c6cc7ccccc7cn6)cc45)c3)n2)cc1. The van der Waals surface area contributed by atoms with Crippen molar-refractivity contribution in [3.63, 3.8) is 0 Å². The first-order chi connectivity index (χ1) is 23.2. The molecule has 0 aliphatic heterocycles. The summed E-state index contributed by atoms with van der Waals surface area (Å²) in [6.07, 6.45) is 3.90. The van der Waals surface area contributed by atoms with E-state index in [0.29, 0.717) is 17.5 Å². The van der Waals surface area contributed by atoms with E-state index in [2.05, 4.69) is 72.8 Å². The van der Waals surface area contributed by atoms with Gasteiger partial charge in [0.1, 0.15) is 0 Å². The number of pyridine rings is 2. The van der Waals surface area contributed by atoms with Gasteiger partial charge in [0, 0.05) is 49.9 Å². The van der Waals surface area contributed by atoms with Gasteiger partial charge in [-0.1, -0.05) is 115 Å². The standard InChI is InChI=1S/C41H25N5S/c1-3-10-26(11-4-1)39-44-40(27-12-5-2-6-13-27)46-41(45-39)31-17-9-16-28(20-31)30-18-19-33-34-23-36(43-25-38(34)47-37(33)22-30)35-21-29-14-7-8-15-32(29)24-42-35/h1-25H. The van der Waals surface area contributed by atoms with Crippen molar-refractivity contribution in [2.45, 2.75) is 0 Å². The highest BCUT2D eigenvalue weighted by molar-refractivity contribution is 7.25. The third-order valence-electron chi connectivity index (χ3n) is 8.41. The van der Waals surface area contributed by atoms with Crippen molar-refractivity contribution < 1.29 is 0 Å². The van der Waals surface area contributed by atoms with Crippen LogP contribution in [0.15, 0.2) is 152 Å². The average Bonchev–Trinajstić information content (AvgIpc) is 3.52. The molecule has 0 aliphatic carbocycles. The summed E-state index contributed by atoms with van der Waals surface area (Å²) in [5.74, 6) is 1.94. The first-order valence-corrected chi connectivity index (χ1v) is 16.2. The van der Waals surface area contributed by atoms with E-state index in [1.165, 1.54) is 15.5 Å². The quantitative estimate of drug-likeness (QED) is 0.192. The molecule has 0 aliphatic rings. The van der Waals surface area contributed by atoms with Crippen LogP contribution in [0.2, 0.25) is 0 Å². The Bertz CT molecular complexity index is 2520. The minimum atomic E-state index is 0.642. The summed E-state index contributed by atoms with van der Waals surface area (Å²) in [4.78, 5) is 24.2. The molecule has 220 valence electrons. The molecule has 6 heteroatoms. The lowest BCUT2D eigenvalue weighted by atomic mass is 10.0. The smallest absolute Gasteiger partial charge is 0.164 e. The number of thiophene rings is 1. The molecule has 0 amide bonds. The maximum atomic E-state index is 4.93. The predicted octanol–water partition coefficient (Wildman–Crippen LogP) is 10.5. The molecule has 5 nitrogen and oxygen atoms in total. The Balaban J connectivity index is 1.10. The van der Waals surface area contributed by atoms with E-state index in [4.69, 9.17) is 24.9 Å². The van der Waals surface area contributed by atoms with Crippen molar-refractivity contribution in [2.75, 3.05) is 0 Å². The number of aromatic nitrogens is 5. The van der Waals surface area contributed by atoms with Crippen molar-refractivity contribution in [1.29, 1.82) is 0 Å². The van der Waals surface area contributed by atoms with Crippen LogP contribution in [0.1, 0.15) is 0 Å². The van der Waals surface area contributed by atoms with Crippen LogP contribution in [0.3, 0.4) is 0 Å². The Labute approximate surface area is 275 Å². The van der Waals surface area contributed by atoms with Crippen LogP contribution in [0.5, 0.6) is 0 Å². The first kappa shape index (κ1) is 27.2. The molecule has 0 saturated carbocycles. The van der Waals surface area contributed by atoms with Crippen LogP contribution >= 0.6 is 11.3 Å². The fourth-order valence-corrected chi connectivity index (χ4v) is 7.10. The van der Waals surface area contributed by atoms with Gasteiger partial charge < -0.3 is 0 Å². The van der Waals surface area contributed by atoms with Crippen molar-refractivity contribution in [3.05, 3.63) is 152 Å². The molecule has 4 aromatic heterocycles. The largest absolute Gasteiger partial charge is 0.254 e. The number of nitrogens with zero attached hydrogens (tertiary/aromatic N) is 5. The maximum Gasteiger partial charge on any atom is 0.164 e. The lowest BCUT2D eigenvalue weighted by Crippen LogP contribution is -2.00. The number of hydrogen-bond donors (Lipinski definition) is 0. The summed E-state index contributed by atoms with van der Waals surface area (Å²) in [6, 6.07) is 47.8. The summed E-state index contributed by atoms with van der Waals surface area (Å²) < 4.78 is 2.37. The Hall–Kier alpha value is -6.11. The molecule has 0 saturated heterocycles.